The van der Waals surface area contributed by atoms with E-state index in [1.165, 1.54) is 4.90 Å². The van der Waals surface area contributed by atoms with Crippen molar-refractivity contribution in [3.8, 4) is 0 Å². The van der Waals surface area contributed by atoms with Crippen molar-refractivity contribution in [3.63, 3.8) is 0 Å². The van der Waals surface area contributed by atoms with Gasteiger partial charge in [0.05, 0.1) is 6.61 Å². The topological polar surface area (TPSA) is 61.8 Å². The van der Waals surface area contributed by atoms with Gasteiger partial charge in [0.2, 0.25) is 0 Å². The molecule has 2 N–H and O–H groups in total. The number of piperazine rings is 1. The van der Waals surface area contributed by atoms with Crippen molar-refractivity contribution in [1.82, 2.24) is 10.2 Å². The first-order valence-electron chi connectivity index (χ1n) is 6.49. The number of nitrogens with zero attached hydrogens (tertiary/aromatic N) is 1. The summed E-state index contributed by atoms with van der Waals surface area (Å²) >= 11 is 0. The first-order valence-corrected chi connectivity index (χ1v) is 9.39. The standard InChI is InChI=1S/C12H26N2O3Si/c1-12(2,3)18(4,5)17-9-10-8-14(11(15)16)7-6-13-10/h10,13H,6-9H2,1-5H3,(H,15,16)/t10-/m1/s1. The number of rotatable bonds is 3. The van der Waals surface area contributed by atoms with E-state index in [9.17, 15) is 4.79 Å². The lowest BCUT2D eigenvalue weighted by molar-refractivity contribution is 0.116. The molecule has 1 heterocycles. The predicted molar refractivity (Wildman–Crippen MR) is 74.5 cm³/mol. The van der Waals surface area contributed by atoms with Crippen LogP contribution >= 0.6 is 0 Å². The first-order chi connectivity index (χ1) is 8.13. The molecule has 0 spiro atoms. The molecule has 5 nitrogen and oxygen atoms in total. The van der Waals surface area contributed by atoms with Crippen LogP contribution in [0.3, 0.4) is 0 Å². The van der Waals surface area contributed by atoms with Crippen LogP contribution in [0.1, 0.15) is 20.8 Å². The number of carboxylic acid groups (broad SMARTS) is 1. The molecule has 0 unspecified atom stereocenters. The third-order valence-corrected chi connectivity index (χ3v) is 8.48. The second-order valence-electron chi connectivity index (χ2n) is 6.45. The summed E-state index contributed by atoms with van der Waals surface area (Å²) in [5.74, 6) is 0. The molecule has 1 aliphatic rings. The Balaban J connectivity index is 2.46. The van der Waals surface area contributed by atoms with Crippen molar-refractivity contribution >= 4 is 14.4 Å². The third-order valence-electron chi connectivity index (χ3n) is 3.98. The highest BCUT2D eigenvalue weighted by atomic mass is 28.4. The number of amides is 1. The summed E-state index contributed by atoms with van der Waals surface area (Å²) in [6, 6.07) is 0.115. The van der Waals surface area contributed by atoms with Gasteiger partial charge in [0.15, 0.2) is 8.32 Å². The van der Waals surface area contributed by atoms with Gasteiger partial charge >= 0.3 is 6.09 Å². The third kappa shape index (κ3) is 3.96. The van der Waals surface area contributed by atoms with Crippen LogP contribution < -0.4 is 5.32 Å². The van der Waals surface area contributed by atoms with Gasteiger partial charge in [-0.25, -0.2) is 4.79 Å². The van der Waals surface area contributed by atoms with Gasteiger partial charge < -0.3 is 19.7 Å². The molecule has 0 aromatic rings. The highest BCUT2D eigenvalue weighted by Gasteiger charge is 2.38. The summed E-state index contributed by atoms with van der Waals surface area (Å²) < 4.78 is 6.12. The van der Waals surface area contributed by atoms with Crippen molar-refractivity contribution < 1.29 is 14.3 Å². The minimum Gasteiger partial charge on any atom is -0.465 e. The molecule has 106 valence electrons. The van der Waals surface area contributed by atoms with Gasteiger partial charge in [-0.2, -0.15) is 0 Å². The van der Waals surface area contributed by atoms with Crippen LogP contribution in [0.15, 0.2) is 0 Å². The molecule has 0 bridgehead atoms. The van der Waals surface area contributed by atoms with Crippen LogP contribution in [0.4, 0.5) is 4.79 Å². The van der Waals surface area contributed by atoms with Crippen LogP contribution in [0, 0.1) is 0 Å². The molecule has 1 aliphatic heterocycles. The normalized spacial score (nSPS) is 22.1. The molecule has 1 saturated heterocycles. The predicted octanol–water partition coefficient (Wildman–Crippen LogP) is 1.96. The lowest BCUT2D eigenvalue weighted by Gasteiger charge is -2.39. The van der Waals surface area contributed by atoms with Crippen molar-refractivity contribution in [2.45, 2.75) is 44.9 Å². The molecular weight excluding hydrogens is 248 g/mol. The molecule has 1 amide bonds. The number of nitrogens with one attached hydrogen (secondary N) is 1. The van der Waals surface area contributed by atoms with Gasteiger partial charge in [0, 0.05) is 25.7 Å². The summed E-state index contributed by atoms with van der Waals surface area (Å²) in [7, 11) is -1.74. The fourth-order valence-electron chi connectivity index (χ4n) is 1.64. The molecule has 0 saturated carbocycles. The van der Waals surface area contributed by atoms with E-state index in [1.54, 1.807) is 0 Å². The van der Waals surface area contributed by atoms with E-state index >= 15 is 0 Å². The zero-order valence-electron chi connectivity index (χ0n) is 12.1. The second-order valence-corrected chi connectivity index (χ2v) is 11.3. The Kier molecular flexibility index (Phi) is 4.80. The van der Waals surface area contributed by atoms with E-state index in [-0.39, 0.29) is 11.1 Å². The molecule has 1 fully saturated rings. The highest BCUT2D eigenvalue weighted by molar-refractivity contribution is 6.74. The molecule has 0 aliphatic carbocycles. The molecule has 1 atom stereocenters. The maximum absolute atomic E-state index is 10.9. The first kappa shape index (κ1) is 15.5. The van der Waals surface area contributed by atoms with E-state index in [0.29, 0.717) is 26.2 Å². The van der Waals surface area contributed by atoms with E-state index in [0.717, 1.165) is 0 Å². The Labute approximate surface area is 111 Å². The van der Waals surface area contributed by atoms with Crippen molar-refractivity contribution in [1.29, 1.82) is 0 Å². The minimum absolute atomic E-state index is 0.115. The second kappa shape index (κ2) is 5.58. The lowest BCUT2D eigenvalue weighted by atomic mass is 10.2. The summed E-state index contributed by atoms with van der Waals surface area (Å²) in [6.45, 7) is 13.4. The van der Waals surface area contributed by atoms with Crippen molar-refractivity contribution in [2.75, 3.05) is 26.2 Å². The monoisotopic (exact) mass is 274 g/mol. The molecule has 18 heavy (non-hydrogen) atoms. The smallest absolute Gasteiger partial charge is 0.407 e. The SMILES string of the molecule is CC(C)(C)[Si](C)(C)OC[C@H]1CN(C(=O)O)CCN1. The van der Waals surface area contributed by atoms with E-state index in [1.807, 2.05) is 0 Å². The van der Waals surface area contributed by atoms with Gasteiger partial charge in [-0.15, -0.1) is 0 Å². The molecule has 0 radical (unpaired) electrons. The number of hydrogen-bond donors (Lipinski definition) is 2. The fraction of sp³-hybridized carbons (Fsp3) is 0.917. The van der Waals surface area contributed by atoms with Crippen LogP contribution in [-0.2, 0) is 4.43 Å². The maximum Gasteiger partial charge on any atom is 0.407 e. The summed E-state index contributed by atoms with van der Waals surface area (Å²) in [6.07, 6.45) is -0.839. The molecule has 0 aromatic carbocycles. The number of carbonyl (C=O) groups is 1. The maximum atomic E-state index is 10.9. The average molecular weight is 274 g/mol. The summed E-state index contributed by atoms with van der Waals surface area (Å²) in [4.78, 5) is 12.4. The average Bonchev–Trinajstić information content (AvgIpc) is 2.25. The Morgan fingerprint density at radius 3 is 2.61 bits per heavy atom. The Hall–Kier alpha value is -0.593. The quantitative estimate of drug-likeness (QED) is 0.772. The highest BCUT2D eigenvalue weighted by Crippen LogP contribution is 2.36. The van der Waals surface area contributed by atoms with Crippen LogP contribution in [0.25, 0.3) is 0 Å². The largest absolute Gasteiger partial charge is 0.465 e. The fourth-order valence-corrected chi connectivity index (χ4v) is 2.69. The zero-order valence-corrected chi connectivity index (χ0v) is 13.1. The van der Waals surface area contributed by atoms with Gasteiger partial charge in [-0.3, -0.25) is 0 Å². The molecule has 6 heteroatoms. The summed E-state index contributed by atoms with van der Waals surface area (Å²) in [5, 5.41) is 12.5. The summed E-state index contributed by atoms with van der Waals surface area (Å²) in [5.41, 5.74) is 0. The van der Waals surface area contributed by atoms with Gasteiger partial charge in [0.25, 0.3) is 0 Å². The van der Waals surface area contributed by atoms with Gasteiger partial charge in [-0.1, -0.05) is 20.8 Å². The molecule has 1 rings (SSSR count). The van der Waals surface area contributed by atoms with E-state index in [4.69, 9.17) is 9.53 Å². The van der Waals surface area contributed by atoms with E-state index < -0.39 is 14.4 Å². The lowest BCUT2D eigenvalue weighted by Crippen LogP contribution is -2.55. The number of hydrogen-bond acceptors (Lipinski definition) is 3. The van der Waals surface area contributed by atoms with Crippen LogP contribution in [-0.4, -0.2) is 56.7 Å². The Morgan fingerprint density at radius 2 is 2.11 bits per heavy atom. The van der Waals surface area contributed by atoms with Crippen LogP contribution in [0.5, 0.6) is 0 Å². The molecular formula is C12H26N2O3Si. The van der Waals surface area contributed by atoms with Gasteiger partial charge in [-0.05, 0) is 18.1 Å². The van der Waals surface area contributed by atoms with Crippen LogP contribution in [0.2, 0.25) is 18.1 Å². The minimum atomic E-state index is -1.74. The van der Waals surface area contributed by atoms with Crippen molar-refractivity contribution in [3.05, 3.63) is 0 Å². The Bertz CT molecular complexity index is 302. The Morgan fingerprint density at radius 1 is 1.50 bits per heavy atom. The molecule has 0 aromatic heterocycles. The zero-order chi connectivity index (χ0) is 14.0. The van der Waals surface area contributed by atoms with Crippen molar-refractivity contribution in [2.24, 2.45) is 0 Å². The van der Waals surface area contributed by atoms with E-state index in [2.05, 4.69) is 39.2 Å². The van der Waals surface area contributed by atoms with Gasteiger partial charge in [0.1, 0.15) is 0 Å².